The summed E-state index contributed by atoms with van der Waals surface area (Å²) < 4.78 is 13.2. The zero-order valence-electron chi connectivity index (χ0n) is 20.8. The van der Waals surface area contributed by atoms with Crippen molar-refractivity contribution >= 4 is 62.3 Å². The van der Waals surface area contributed by atoms with Crippen LogP contribution in [0, 0.1) is 5.41 Å². The van der Waals surface area contributed by atoms with E-state index < -0.39 is 5.91 Å². The smallest absolute Gasteiger partial charge is 0.283 e. The summed E-state index contributed by atoms with van der Waals surface area (Å²) >= 11 is 7.56. The van der Waals surface area contributed by atoms with Crippen molar-refractivity contribution in [2.45, 2.75) is 6.54 Å². The molecule has 1 amide bonds. The fraction of sp³-hybridized carbons (Fsp3) is 0.103. The van der Waals surface area contributed by atoms with Gasteiger partial charge in [0.05, 0.1) is 24.3 Å². The molecule has 0 unspecified atom stereocenters. The summed E-state index contributed by atoms with van der Waals surface area (Å²) in [5.74, 6) is 1.02. The van der Waals surface area contributed by atoms with Crippen LogP contribution in [0.5, 0.6) is 11.5 Å². The highest BCUT2D eigenvalue weighted by atomic mass is 35.5. The first-order valence-electron chi connectivity index (χ1n) is 12.1. The summed E-state index contributed by atoms with van der Waals surface area (Å²) in [7, 11) is 1.63. The Morgan fingerprint density at radius 3 is 2.56 bits per heavy atom. The molecule has 0 fully saturated rings. The van der Waals surface area contributed by atoms with Gasteiger partial charge in [-0.25, -0.2) is 0 Å². The number of methoxy groups -OCH3 is 1. The molecule has 3 aromatic carbocycles. The number of nitrogens with zero attached hydrogens (tertiary/aromatic N) is 4. The maximum atomic E-state index is 13.0. The Balaban J connectivity index is 1.26. The lowest BCUT2D eigenvalue weighted by Gasteiger charge is -2.20. The maximum Gasteiger partial charge on any atom is 0.283 e. The second-order valence-corrected chi connectivity index (χ2v) is 10.1. The van der Waals surface area contributed by atoms with Gasteiger partial charge in [-0.3, -0.25) is 10.2 Å². The third kappa shape index (κ3) is 4.82. The van der Waals surface area contributed by atoms with Gasteiger partial charge in [0, 0.05) is 28.2 Å². The van der Waals surface area contributed by atoms with E-state index in [0.717, 1.165) is 33.5 Å². The molecule has 194 valence electrons. The molecule has 3 heterocycles. The Bertz CT molecular complexity index is 1710. The summed E-state index contributed by atoms with van der Waals surface area (Å²) in [6, 6.07) is 22.7. The fourth-order valence-electron chi connectivity index (χ4n) is 4.40. The molecule has 0 saturated heterocycles. The normalized spacial score (nSPS) is 15.9. The van der Waals surface area contributed by atoms with E-state index in [1.165, 1.54) is 16.8 Å². The molecule has 6 rings (SSSR count). The van der Waals surface area contributed by atoms with Gasteiger partial charge in [-0.2, -0.15) is 15.1 Å². The minimum absolute atomic E-state index is 0.0285. The van der Waals surface area contributed by atoms with E-state index in [1.54, 1.807) is 19.3 Å². The molecule has 1 aromatic heterocycles. The molecule has 0 saturated carbocycles. The molecule has 8 nitrogen and oxygen atoms in total. The second kappa shape index (κ2) is 10.4. The molecular weight excluding hydrogens is 534 g/mol. The number of halogens is 1. The SMILES string of the molecule is COc1ccc(OCCn2cc(/C=C3/C(=N)N4N=C(c5ccccc5Cl)SC4=NC3=O)c3ccccc32)cc1. The van der Waals surface area contributed by atoms with E-state index in [1.807, 2.05) is 72.9 Å². The van der Waals surface area contributed by atoms with Crippen molar-refractivity contribution in [3.05, 3.63) is 101 Å². The number of aromatic nitrogens is 1. The Kier molecular flexibility index (Phi) is 6.68. The van der Waals surface area contributed by atoms with Gasteiger partial charge in [0.15, 0.2) is 5.84 Å². The Labute approximate surface area is 233 Å². The van der Waals surface area contributed by atoms with Gasteiger partial charge in [-0.15, -0.1) is 0 Å². The molecule has 2 aliphatic rings. The number of amides is 1. The van der Waals surface area contributed by atoms with Crippen LogP contribution in [0.25, 0.3) is 17.0 Å². The quantitative estimate of drug-likeness (QED) is 0.280. The number of carbonyl (C=O) groups is 1. The minimum Gasteiger partial charge on any atom is -0.497 e. The van der Waals surface area contributed by atoms with Crippen LogP contribution in [-0.4, -0.2) is 45.2 Å². The van der Waals surface area contributed by atoms with Crippen molar-refractivity contribution in [3.63, 3.8) is 0 Å². The molecule has 0 atom stereocenters. The molecule has 39 heavy (non-hydrogen) atoms. The van der Waals surface area contributed by atoms with Gasteiger partial charge in [-0.05, 0) is 54.2 Å². The van der Waals surface area contributed by atoms with Crippen molar-refractivity contribution in [2.75, 3.05) is 13.7 Å². The van der Waals surface area contributed by atoms with E-state index >= 15 is 0 Å². The van der Waals surface area contributed by atoms with Crippen molar-refractivity contribution in [1.82, 2.24) is 9.58 Å². The highest BCUT2D eigenvalue weighted by Gasteiger charge is 2.36. The van der Waals surface area contributed by atoms with Crippen LogP contribution in [0.15, 0.2) is 94.7 Å². The van der Waals surface area contributed by atoms with E-state index in [4.69, 9.17) is 26.5 Å². The number of hydrazone groups is 1. The lowest BCUT2D eigenvalue weighted by atomic mass is 10.1. The van der Waals surface area contributed by atoms with Gasteiger partial charge >= 0.3 is 0 Å². The van der Waals surface area contributed by atoms with Gasteiger partial charge in [0.1, 0.15) is 23.1 Å². The lowest BCUT2D eigenvalue weighted by molar-refractivity contribution is -0.114. The van der Waals surface area contributed by atoms with Gasteiger partial charge in [-0.1, -0.05) is 48.0 Å². The first-order valence-corrected chi connectivity index (χ1v) is 13.3. The largest absolute Gasteiger partial charge is 0.497 e. The predicted octanol–water partition coefficient (Wildman–Crippen LogP) is 6.05. The lowest BCUT2D eigenvalue weighted by Crippen LogP contribution is -2.35. The molecule has 4 aromatic rings. The van der Waals surface area contributed by atoms with E-state index in [-0.39, 0.29) is 11.4 Å². The van der Waals surface area contributed by atoms with Gasteiger partial charge < -0.3 is 14.0 Å². The number of thioether (sulfide) groups is 1. The topological polar surface area (TPSA) is 92.3 Å². The maximum absolute atomic E-state index is 13.0. The number of para-hydroxylation sites is 1. The minimum atomic E-state index is -0.478. The number of hydrogen-bond acceptors (Lipinski definition) is 6. The van der Waals surface area contributed by atoms with Crippen molar-refractivity contribution in [3.8, 4) is 11.5 Å². The van der Waals surface area contributed by atoms with Crippen LogP contribution in [-0.2, 0) is 11.3 Å². The molecule has 0 aliphatic carbocycles. The molecule has 10 heteroatoms. The van der Waals surface area contributed by atoms with Crippen molar-refractivity contribution < 1.29 is 14.3 Å². The van der Waals surface area contributed by atoms with Crippen LogP contribution >= 0.6 is 23.4 Å². The predicted molar refractivity (Wildman–Crippen MR) is 156 cm³/mol. The number of rotatable bonds is 7. The molecule has 0 bridgehead atoms. The standard InChI is InChI=1S/C29H22ClN5O3S/c1-37-19-10-12-20(13-11-19)38-15-14-34-17-18(21-6-3-5-9-25(21)34)16-23-26(31)35-29(32-27(23)36)39-28(33-35)22-7-2-4-8-24(22)30/h2-13,16-17,31H,14-15H2,1H3/b23-16-,31-26?. The molecule has 1 N–H and O–H groups in total. The number of benzene rings is 3. The fourth-order valence-corrected chi connectivity index (χ4v) is 5.61. The monoisotopic (exact) mass is 555 g/mol. The average Bonchev–Trinajstić information content (AvgIpc) is 3.53. The second-order valence-electron chi connectivity index (χ2n) is 8.72. The van der Waals surface area contributed by atoms with Crippen LogP contribution in [0.3, 0.4) is 0 Å². The number of hydrogen-bond donors (Lipinski definition) is 1. The third-order valence-electron chi connectivity index (χ3n) is 6.34. The molecule has 0 spiro atoms. The Morgan fingerprint density at radius 1 is 1.03 bits per heavy atom. The zero-order chi connectivity index (χ0) is 26.9. The highest BCUT2D eigenvalue weighted by molar-refractivity contribution is 8.27. The first kappa shape index (κ1) is 25.0. The summed E-state index contributed by atoms with van der Waals surface area (Å²) in [5, 5.41) is 17.1. The highest BCUT2D eigenvalue weighted by Crippen LogP contribution is 2.34. The number of carbonyl (C=O) groups excluding carboxylic acids is 1. The number of nitrogens with one attached hydrogen (secondary N) is 1. The average molecular weight is 556 g/mol. The van der Waals surface area contributed by atoms with Crippen LogP contribution in [0.2, 0.25) is 5.02 Å². The number of ether oxygens (including phenoxy) is 2. The van der Waals surface area contributed by atoms with Gasteiger partial charge in [0.25, 0.3) is 5.91 Å². The van der Waals surface area contributed by atoms with E-state index in [2.05, 4.69) is 14.7 Å². The summed E-state index contributed by atoms with van der Waals surface area (Å²) in [6.07, 6.45) is 3.67. The van der Waals surface area contributed by atoms with Crippen molar-refractivity contribution in [2.24, 2.45) is 10.1 Å². The zero-order valence-corrected chi connectivity index (χ0v) is 22.4. The number of fused-ring (bicyclic) bond motifs is 2. The first-order chi connectivity index (χ1) is 19.0. The molecular formula is C29H22ClN5O3S. The number of amidine groups is 2. The summed E-state index contributed by atoms with van der Waals surface area (Å²) in [6.45, 7) is 1.05. The van der Waals surface area contributed by atoms with Gasteiger partial charge in [0.2, 0.25) is 5.17 Å². The Hall–Kier alpha value is -4.34. The van der Waals surface area contributed by atoms with Crippen LogP contribution in [0.4, 0.5) is 0 Å². The van der Waals surface area contributed by atoms with Crippen LogP contribution in [0.1, 0.15) is 11.1 Å². The van der Waals surface area contributed by atoms with E-state index in [0.29, 0.717) is 28.4 Å². The van der Waals surface area contributed by atoms with E-state index in [9.17, 15) is 4.79 Å². The van der Waals surface area contributed by atoms with Crippen molar-refractivity contribution in [1.29, 1.82) is 5.41 Å². The summed E-state index contributed by atoms with van der Waals surface area (Å²) in [5.41, 5.74) is 2.70. The van der Waals surface area contributed by atoms with Crippen LogP contribution < -0.4 is 9.47 Å². The summed E-state index contributed by atoms with van der Waals surface area (Å²) in [4.78, 5) is 17.3. The Morgan fingerprint density at radius 2 is 1.77 bits per heavy atom. The molecule has 0 radical (unpaired) electrons. The molecule has 2 aliphatic heterocycles. The third-order valence-corrected chi connectivity index (χ3v) is 7.61. The number of aliphatic imine (C=N–C) groups is 1.